The molecule has 0 radical (unpaired) electrons. The lowest BCUT2D eigenvalue weighted by atomic mass is 10.3. The zero-order valence-corrected chi connectivity index (χ0v) is 7.44. The molecule has 3 nitrogen and oxygen atoms in total. The molecule has 4 heteroatoms. The largest absolute Gasteiger partial charge is 0.258 e. The van der Waals surface area contributed by atoms with Crippen molar-refractivity contribution in [2.75, 3.05) is 0 Å². The van der Waals surface area contributed by atoms with E-state index in [1.165, 1.54) is 0 Å². The number of hydrogen-bond donors (Lipinski definition) is 1. The first-order valence-corrected chi connectivity index (χ1v) is 2.72. The summed E-state index contributed by atoms with van der Waals surface area (Å²) in [5.41, 5.74) is 1.90. The standard InChI is InChI=1S/C6H5N3.HI/c1-2-4-6-5(3-1)7-9-8-6;/h1-4H,(H,7,8,9);1H. The Balaban J connectivity index is 0.000000500. The van der Waals surface area contributed by atoms with Gasteiger partial charge >= 0.3 is 0 Å². The Morgan fingerprint density at radius 1 is 1.20 bits per heavy atom. The fourth-order valence-corrected chi connectivity index (χ4v) is 0.788. The van der Waals surface area contributed by atoms with Crippen molar-refractivity contribution in [3.05, 3.63) is 24.3 Å². The van der Waals surface area contributed by atoms with Gasteiger partial charge in [0.1, 0.15) is 5.52 Å². The van der Waals surface area contributed by atoms with Crippen LogP contribution in [-0.2, 0) is 0 Å². The van der Waals surface area contributed by atoms with E-state index in [4.69, 9.17) is 0 Å². The first-order valence-electron chi connectivity index (χ1n) is 2.72. The Hall–Kier alpha value is -0.650. The highest BCUT2D eigenvalue weighted by Gasteiger charge is 1.90. The van der Waals surface area contributed by atoms with E-state index in [-0.39, 0.29) is 24.0 Å². The van der Waals surface area contributed by atoms with Crippen molar-refractivity contribution >= 4 is 35.0 Å². The van der Waals surface area contributed by atoms with Gasteiger partial charge in [-0.15, -0.1) is 29.1 Å². The molecule has 0 spiro atoms. The summed E-state index contributed by atoms with van der Waals surface area (Å²) >= 11 is 0. The number of H-pyrrole nitrogens is 1. The molecule has 0 aliphatic carbocycles. The number of benzene rings is 1. The zero-order chi connectivity index (χ0) is 6.10. The molecular weight excluding hydrogens is 241 g/mol. The molecule has 0 unspecified atom stereocenters. The van der Waals surface area contributed by atoms with Crippen molar-refractivity contribution in [2.24, 2.45) is 0 Å². The second-order valence-corrected chi connectivity index (χ2v) is 1.83. The summed E-state index contributed by atoms with van der Waals surface area (Å²) < 4.78 is 0. The van der Waals surface area contributed by atoms with Gasteiger partial charge in [0, 0.05) is 0 Å². The van der Waals surface area contributed by atoms with Crippen LogP contribution in [0.3, 0.4) is 0 Å². The van der Waals surface area contributed by atoms with Crippen LogP contribution in [0.4, 0.5) is 0 Å². The third kappa shape index (κ3) is 1.11. The average molecular weight is 247 g/mol. The minimum absolute atomic E-state index is 0. The van der Waals surface area contributed by atoms with Crippen LogP contribution in [0.2, 0.25) is 0 Å². The number of nitrogens with zero attached hydrogens (tertiary/aromatic N) is 2. The minimum Gasteiger partial charge on any atom is -0.258 e. The molecule has 0 fully saturated rings. The molecule has 0 atom stereocenters. The number of nitrogens with one attached hydrogen (secondary N) is 1. The van der Waals surface area contributed by atoms with Crippen LogP contribution >= 0.6 is 24.0 Å². The van der Waals surface area contributed by atoms with Crippen LogP contribution in [0.15, 0.2) is 24.3 Å². The maximum atomic E-state index is 3.81. The van der Waals surface area contributed by atoms with Crippen molar-refractivity contribution in [2.45, 2.75) is 0 Å². The van der Waals surface area contributed by atoms with Crippen LogP contribution in [-0.4, -0.2) is 15.4 Å². The monoisotopic (exact) mass is 247 g/mol. The maximum Gasteiger partial charge on any atom is 0.112 e. The number of aromatic amines is 1. The first-order chi connectivity index (χ1) is 4.47. The SMILES string of the molecule is I.c1ccc2[nH]nnc2c1. The summed E-state index contributed by atoms with van der Waals surface area (Å²) in [5.74, 6) is 0. The second kappa shape index (κ2) is 2.96. The van der Waals surface area contributed by atoms with E-state index in [2.05, 4.69) is 15.4 Å². The van der Waals surface area contributed by atoms with Crippen LogP contribution in [0.1, 0.15) is 0 Å². The number of hydrogen-bond acceptors (Lipinski definition) is 2. The van der Waals surface area contributed by atoms with Crippen LogP contribution < -0.4 is 0 Å². The van der Waals surface area contributed by atoms with Crippen molar-refractivity contribution in [3.63, 3.8) is 0 Å². The quantitative estimate of drug-likeness (QED) is 0.718. The molecular formula is C6H6IN3. The normalized spacial score (nSPS) is 9.20. The van der Waals surface area contributed by atoms with Gasteiger partial charge in [-0.2, -0.15) is 0 Å². The Morgan fingerprint density at radius 2 is 2.00 bits per heavy atom. The summed E-state index contributed by atoms with van der Waals surface area (Å²) in [5, 5.41) is 10.2. The molecule has 1 aromatic heterocycles. The predicted octanol–water partition coefficient (Wildman–Crippen LogP) is 1.58. The molecule has 0 aliphatic rings. The molecule has 0 saturated heterocycles. The molecule has 0 bridgehead atoms. The lowest BCUT2D eigenvalue weighted by Gasteiger charge is -1.79. The molecule has 2 aromatic rings. The summed E-state index contributed by atoms with van der Waals surface area (Å²) in [6.07, 6.45) is 0. The van der Waals surface area contributed by atoms with E-state index in [0.717, 1.165) is 11.0 Å². The smallest absolute Gasteiger partial charge is 0.112 e. The van der Waals surface area contributed by atoms with Crippen molar-refractivity contribution in [1.29, 1.82) is 0 Å². The summed E-state index contributed by atoms with van der Waals surface area (Å²) in [6.45, 7) is 0. The Kier molecular flexibility index (Phi) is 2.21. The highest BCUT2D eigenvalue weighted by Crippen LogP contribution is 2.03. The molecule has 0 aliphatic heterocycles. The fourth-order valence-electron chi connectivity index (χ4n) is 0.788. The van der Waals surface area contributed by atoms with Gasteiger partial charge in [0.05, 0.1) is 5.52 Å². The van der Waals surface area contributed by atoms with Crippen molar-refractivity contribution in [3.8, 4) is 0 Å². The Bertz CT molecular complexity index is 287. The molecule has 1 aromatic carbocycles. The van der Waals surface area contributed by atoms with Crippen LogP contribution in [0, 0.1) is 0 Å². The Morgan fingerprint density at radius 3 is 2.80 bits per heavy atom. The lowest BCUT2D eigenvalue weighted by Crippen LogP contribution is -1.63. The van der Waals surface area contributed by atoms with Crippen LogP contribution in [0.25, 0.3) is 11.0 Å². The number of para-hydroxylation sites is 1. The van der Waals surface area contributed by atoms with Gasteiger partial charge < -0.3 is 0 Å². The highest BCUT2D eigenvalue weighted by atomic mass is 127. The predicted molar refractivity (Wildman–Crippen MR) is 49.3 cm³/mol. The number of halogens is 1. The lowest BCUT2D eigenvalue weighted by molar-refractivity contribution is 0.959. The second-order valence-electron chi connectivity index (χ2n) is 1.83. The maximum absolute atomic E-state index is 3.81. The molecule has 0 saturated carbocycles. The third-order valence-corrected chi connectivity index (χ3v) is 1.23. The van der Waals surface area contributed by atoms with Gasteiger partial charge in [-0.05, 0) is 12.1 Å². The van der Waals surface area contributed by atoms with E-state index >= 15 is 0 Å². The molecule has 0 amide bonds. The first kappa shape index (κ1) is 7.46. The zero-order valence-electron chi connectivity index (χ0n) is 5.11. The topological polar surface area (TPSA) is 41.6 Å². The van der Waals surface area contributed by atoms with Gasteiger partial charge in [-0.1, -0.05) is 17.3 Å². The number of aromatic nitrogens is 3. The van der Waals surface area contributed by atoms with Crippen LogP contribution in [0.5, 0.6) is 0 Å². The van der Waals surface area contributed by atoms with E-state index in [1.54, 1.807) is 0 Å². The number of fused-ring (bicyclic) bond motifs is 1. The van der Waals surface area contributed by atoms with E-state index in [0.29, 0.717) is 0 Å². The summed E-state index contributed by atoms with van der Waals surface area (Å²) in [6, 6.07) is 7.74. The third-order valence-electron chi connectivity index (χ3n) is 1.23. The highest BCUT2D eigenvalue weighted by molar-refractivity contribution is 14.0. The average Bonchev–Trinajstić information content (AvgIpc) is 2.33. The minimum atomic E-state index is 0. The van der Waals surface area contributed by atoms with Gasteiger partial charge in [-0.25, -0.2) is 0 Å². The fraction of sp³-hybridized carbons (Fsp3) is 0. The summed E-state index contributed by atoms with van der Waals surface area (Å²) in [4.78, 5) is 0. The van der Waals surface area contributed by atoms with Gasteiger partial charge in [0.2, 0.25) is 0 Å². The van der Waals surface area contributed by atoms with Gasteiger partial charge in [0.15, 0.2) is 0 Å². The van der Waals surface area contributed by atoms with E-state index in [9.17, 15) is 0 Å². The molecule has 1 N–H and O–H groups in total. The molecule has 52 valence electrons. The molecule has 1 heterocycles. The number of rotatable bonds is 0. The van der Waals surface area contributed by atoms with Gasteiger partial charge in [-0.3, -0.25) is 5.10 Å². The van der Waals surface area contributed by atoms with E-state index < -0.39 is 0 Å². The van der Waals surface area contributed by atoms with Crippen molar-refractivity contribution in [1.82, 2.24) is 15.4 Å². The summed E-state index contributed by atoms with van der Waals surface area (Å²) in [7, 11) is 0. The van der Waals surface area contributed by atoms with E-state index in [1.807, 2.05) is 24.3 Å². The molecule has 10 heavy (non-hydrogen) atoms. The Labute approximate surface area is 74.8 Å². The van der Waals surface area contributed by atoms with Crippen molar-refractivity contribution < 1.29 is 0 Å². The molecule has 2 rings (SSSR count). The van der Waals surface area contributed by atoms with Gasteiger partial charge in [0.25, 0.3) is 0 Å².